The van der Waals surface area contributed by atoms with Crippen LogP contribution in [0.2, 0.25) is 0 Å². The molecule has 0 aliphatic carbocycles. The lowest BCUT2D eigenvalue weighted by atomic mass is 9.89. The molecular formula is C15H21N3O3. The van der Waals surface area contributed by atoms with E-state index in [-0.39, 0.29) is 11.8 Å². The van der Waals surface area contributed by atoms with Gasteiger partial charge in [0.15, 0.2) is 0 Å². The Morgan fingerprint density at radius 3 is 2.71 bits per heavy atom. The van der Waals surface area contributed by atoms with Crippen molar-refractivity contribution >= 4 is 17.5 Å². The van der Waals surface area contributed by atoms with Gasteiger partial charge in [-0.25, -0.2) is 0 Å². The first-order chi connectivity index (χ1) is 9.91. The van der Waals surface area contributed by atoms with Gasteiger partial charge in [-0.2, -0.15) is 0 Å². The monoisotopic (exact) mass is 291 g/mol. The molecule has 1 aliphatic heterocycles. The SMILES string of the molecule is CNC(=O)C1(C)CCN(C(=O)c2ccc(OC)cc2N)C1. The van der Waals surface area contributed by atoms with E-state index in [9.17, 15) is 9.59 Å². The molecule has 1 atom stereocenters. The lowest BCUT2D eigenvalue weighted by molar-refractivity contribution is -0.128. The van der Waals surface area contributed by atoms with E-state index in [4.69, 9.17) is 10.5 Å². The molecule has 1 heterocycles. The van der Waals surface area contributed by atoms with Gasteiger partial charge < -0.3 is 20.7 Å². The van der Waals surface area contributed by atoms with Crippen LogP contribution >= 0.6 is 0 Å². The fourth-order valence-electron chi connectivity index (χ4n) is 2.65. The first-order valence-corrected chi connectivity index (χ1v) is 6.86. The summed E-state index contributed by atoms with van der Waals surface area (Å²) < 4.78 is 5.08. The van der Waals surface area contributed by atoms with Crippen LogP contribution in [0.15, 0.2) is 18.2 Å². The Labute approximate surface area is 124 Å². The molecule has 0 bridgehead atoms. The van der Waals surface area contributed by atoms with E-state index in [2.05, 4.69) is 5.32 Å². The maximum absolute atomic E-state index is 12.5. The number of hydrogen-bond donors (Lipinski definition) is 2. The van der Waals surface area contributed by atoms with E-state index in [0.717, 1.165) is 0 Å². The third-order valence-corrected chi connectivity index (χ3v) is 4.02. The van der Waals surface area contributed by atoms with Gasteiger partial charge in [0.25, 0.3) is 5.91 Å². The van der Waals surface area contributed by atoms with Crippen molar-refractivity contribution in [3.05, 3.63) is 23.8 Å². The molecule has 21 heavy (non-hydrogen) atoms. The van der Waals surface area contributed by atoms with Crippen molar-refractivity contribution in [3.63, 3.8) is 0 Å². The number of carbonyl (C=O) groups excluding carboxylic acids is 2. The van der Waals surface area contributed by atoms with E-state index >= 15 is 0 Å². The number of hydrogen-bond acceptors (Lipinski definition) is 4. The molecule has 2 rings (SSSR count). The van der Waals surface area contributed by atoms with Crippen molar-refractivity contribution in [3.8, 4) is 5.75 Å². The van der Waals surface area contributed by atoms with Gasteiger partial charge in [-0.15, -0.1) is 0 Å². The van der Waals surface area contributed by atoms with E-state index in [1.807, 2.05) is 6.92 Å². The van der Waals surface area contributed by atoms with Gasteiger partial charge in [0, 0.05) is 31.9 Å². The smallest absolute Gasteiger partial charge is 0.255 e. The minimum absolute atomic E-state index is 0.0412. The summed E-state index contributed by atoms with van der Waals surface area (Å²) in [6.07, 6.45) is 0.647. The summed E-state index contributed by atoms with van der Waals surface area (Å²) in [5.74, 6) is 0.420. The van der Waals surface area contributed by atoms with Gasteiger partial charge in [-0.1, -0.05) is 0 Å². The summed E-state index contributed by atoms with van der Waals surface area (Å²) in [7, 11) is 3.16. The van der Waals surface area contributed by atoms with Crippen molar-refractivity contribution in [2.75, 3.05) is 33.0 Å². The number of likely N-dealkylation sites (tertiary alicyclic amines) is 1. The van der Waals surface area contributed by atoms with Crippen LogP contribution in [0.5, 0.6) is 5.75 Å². The quantitative estimate of drug-likeness (QED) is 0.810. The standard InChI is InChI=1S/C15H21N3O3/c1-15(14(20)17-2)6-7-18(9-15)13(19)11-5-4-10(21-3)8-12(11)16/h4-5,8H,6-7,9,16H2,1-3H3,(H,17,20). The Bertz CT molecular complexity index is 573. The lowest BCUT2D eigenvalue weighted by Crippen LogP contribution is -2.40. The highest BCUT2D eigenvalue weighted by Crippen LogP contribution is 2.32. The summed E-state index contributed by atoms with van der Waals surface area (Å²) >= 11 is 0. The predicted molar refractivity (Wildman–Crippen MR) is 80.1 cm³/mol. The second-order valence-electron chi connectivity index (χ2n) is 5.57. The van der Waals surface area contributed by atoms with Crippen molar-refractivity contribution in [1.29, 1.82) is 0 Å². The molecule has 114 valence electrons. The zero-order chi connectivity index (χ0) is 15.6. The van der Waals surface area contributed by atoms with Gasteiger partial charge >= 0.3 is 0 Å². The average Bonchev–Trinajstić information content (AvgIpc) is 2.89. The molecule has 1 fully saturated rings. The van der Waals surface area contributed by atoms with Crippen molar-refractivity contribution < 1.29 is 14.3 Å². The molecule has 1 aliphatic rings. The summed E-state index contributed by atoms with van der Waals surface area (Å²) in [5.41, 5.74) is 6.20. The van der Waals surface area contributed by atoms with Crippen LogP contribution in [0.25, 0.3) is 0 Å². The second kappa shape index (κ2) is 5.63. The Morgan fingerprint density at radius 1 is 1.43 bits per heavy atom. The fourth-order valence-corrected chi connectivity index (χ4v) is 2.65. The fraction of sp³-hybridized carbons (Fsp3) is 0.467. The maximum atomic E-state index is 12.5. The highest BCUT2D eigenvalue weighted by Gasteiger charge is 2.41. The number of rotatable bonds is 3. The molecule has 6 nitrogen and oxygen atoms in total. The Balaban J connectivity index is 2.17. The van der Waals surface area contributed by atoms with Gasteiger partial charge in [0.2, 0.25) is 5.91 Å². The molecule has 3 N–H and O–H groups in total. The molecule has 1 aromatic rings. The minimum Gasteiger partial charge on any atom is -0.497 e. The zero-order valence-electron chi connectivity index (χ0n) is 12.6. The molecule has 1 unspecified atom stereocenters. The minimum atomic E-state index is -0.536. The number of nitrogen functional groups attached to an aromatic ring is 1. The number of nitrogens with one attached hydrogen (secondary N) is 1. The van der Waals surface area contributed by atoms with Crippen LogP contribution in [0.4, 0.5) is 5.69 Å². The number of benzene rings is 1. The van der Waals surface area contributed by atoms with Gasteiger partial charge in [0.05, 0.1) is 18.1 Å². The highest BCUT2D eigenvalue weighted by atomic mass is 16.5. The van der Waals surface area contributed by atoms with Crippen LogP contribution in [-0.2, 0) is 4.79 Å². The van der Waals surface area contributed by atoms with E-state index in [0.29, 0.717) is 36.5 Å². The molecule has 0 radical (unpaired) electrons. The maximum Gasteiger partial charge on any atom is 0.255 e. The van der Waals surface area contributed by atoms with Crippen molar-refractivity contribution in [1.82, 2.24) is 10.2 Å². The zero-order valence-corrected chi connectivity index (χ0v) is 12.6. The number of nitrogens with zero attached hydrogens (tertiary/aromatic N) is 1. The van der Waals surface area contributed by atoms with E-state index < -0.39 is 5.41 Å². The Morgan fingerprint density at radius 2 is 2.14 bits per heavy atom. The van der Waals surface area contributed by atoms with Crippen molar-refractivity contribution in [2.24, 2.45) is 5.41 Å². The Kier molecular flexibility index (Phi) is 4.06. The highest BCUT2D eigenvalue weighted by molar-refractivity contribution is 6.00. The second-order valence-corrected chi connectivity index (χ2v) is 5.57. The average molecular weight is 291 g/mol. The molecule has 1 aromatic carbocycles. The number of amides is 2. The largest absolute Gasteiger partial charge is 0.497 e. The van der Waals surface area contributed by atoms with Crippen LogP contribution in [0.1, 0.15) is 23.7 Å². The normalized spacial score (nSPS) is 21.2. The summed E-state index contributed by atoms with van der Waals surface area (Å²) in [6.45, 7) is 2.82. The molecule has 0 aromatic heterocycles. The summed E-state index contributed by atoms with van der Waals surface area (Å²) in [6, 6.07) is 4.99. The van der Waals surface area contributed by atoms with E-state index in [1.54, 1.807) is 37.3 Å². The summed E-state index contributed by atoms with van der Waals surface area (Å²) in [5, 5.41) is 2.65. The third kappa shape index (κ3) is 2.79. The van der Waals surface area contributed by atoms with Crippen LogP contribution in [0, 0.1) is 5.41 Å². The molecule has 0 saturated carbocycles. The van der Waals surface area contributed by atoms with Crippen molar-refractivity contribution in [2.45, 2.75) is 13.3 Å². The molecular weight excluding hydrogens is 270 g/mol. The molecule has 1 saturated heterocycles. The number of anilines is 1. The Hall–Kier alpha value is -2.24. The number of carbonyl (C=O) groups is 2. The number of methoxy groups -OCH3 is 1. The van der Waals surface area contributed by atoms with Crippen LogP contribution < -0.4 is 15.8 Å². The van der Waals surface area contributed by atoms with Gasteiger partial charge in [-0.3, -0.25) is 9.59 Å². The number of ether oxygens (including phenoxy) is 1. The summed E-state index contributed by atoms with van der Waals surface area (Å²) in [4.78, 5) is 26.1. The number of nitrogens with two attached hydrogens (primary N) is 1. The lowest BCUT2D eigenvalue weighted by Gasteiger charge is -2.23. The van der Waals surface area contributed by atoms with Crippen LogP contribution in [0.3, 0.4) is 0 Å². The van der Waals surface area contributed by atoms with Gasteiger partial charge in [0.1, 0.15) is 5.75 Å². The molecule has 6 heteroatoms. The van der Waals surface area contributed by atoms with Crippen LogP contribution in [-0.4, -0.2) is 44.0 Å². The first-order valence-electron chi connectivity index (χ1n) is 6.86. The molecule has 2 amide bonds. The predicted octanol–water partition coefficient (Wildman–Crippen LogP) is 0.876. The third-order valence-electron chi connectivity index (χ3n) is 4.02. The van der Waals surface area contributed by atoms with E-state index in [1.165, 1.54) is 0 Å². The molecule has 0 spiro atoms. The first kappa shape index (κ1) is 15.2. The van der Waals surface area contributed by atoms with Gasteiger partial charge in [-0.05, 0) is 25.5 Å². The topological polar surface area (TPSA) is 84.7 Å².